The summed E-state index contributed by atoms with van der Waals surface area (Å²) in [6.07, 6.45) is 5.37. The second-order valence-corrected chi connectivity index (χ2v) is 7.45. The molecule has 6 heteroatoms. The summed E-state index contributed by atoms with van der Waals surface area (Å²) in [4.78, 5) is 31.0. The van der Waals surface area contributed by atoms with Crippen LogP contribution in [0.25, 0.3) is 0 Å². The zero-order valence-electron chi connectivity index (χ0n) is 13.0. The Balaban J connectivity index is 1.79. The third kappa shape index (κ3) is 2.64. The maximum Gasteiger partial charge on any atom is 0.308 e. The molecule has 2 heterocycles. The van der Waals surface area contributed by atoms with Gasteiger partial charge in [-0.05, 0) is 33.1 Å². The quantitative estimate of drug-likeness (QED) is 0.928. The Morgan fingerprint density at radius 2 is 1.95 bits per heavy atom. The van der Waals surface area contributed by atoms with Gasteiger partial charge in [-0.25, -0.2) is 4.98 Å². The van der Waals surface area contributed by atoms with Gasteiger partial charge in [0, 0.05) is 18.5 Å². The van der Waals surface area contributed by atoms with Gasteiger partial charge in [0.25, 0.3) is 5.91 Å². The second-order valence-electron chi connectivity index (χ2n) is 6.42. The highest BCUT2D eigenvalue weighted by atomic mass is 32.1. The van der Waals surface area contributed by atoms with Crippen molar-refractivity contribution in [2.75, 3.05) is 6.54 Å². The first-order valence-corrected chi connectivity index (χ1v) is 8.81. The van der Waals surface area contributed by atoms with E-state index in [0.29, 0.717) is 23.8 Å². The monoisotopic (exact) mass is 322 g/mol. The number of carboxylic acids is 1. The van der Waals surface area contributed by atoms with E-state index in [-0.39, 0.29) is 11.9 Å². The molecule has 2 aliphatic rings. The lowest BCUT2D eigenvalue weighted by atomic mass is 10.0. The molecule has 5 nitrogen and oxygen atoms in total. The minimum absolute atomic E-state index is 0.0458. The number of thiazole rings is 1. The number of aromatic nitrogens is 1. The van der Waals surface area contributed by atoms with Crippen LogP contribution in [0.15, 0.2) is 0 Å². The van der Waals surface area contributed by atoms with E-state index in [0.717, 1.165) is 10.7 Å². The first-order chi connectivity index (χ1) is 10.5. The van der Waals surface area contributed by atoms with Crippen molar-refractivity contribution < 1.29 is 14.7 Å². The number of rotatable bonds is 3. The van der Waals surface area contributed by atoms with E-state index < -0.39 is 11.9 Å². The predicted octanol–water partition coefficient (Wildman–Crippen LogP) is 3.04. The van der Waals surface area contributed by atoms with Gasteiger partial charge in [-0.2, -0.15) is 0 Å². The average molecular weight is 322 g/mol. The standard InChI is InChI=1S/C16H22N2O3S/c1-9-13(22-14(17-9)11-5-3-4-6-11)15(19)18-8-7-12(10(18)2)16(20)21/h10-12H,3-8H2,1-2H3,(H,20,21). The van der Waals surface area contributed by atoms with Crippen LogP contribution in [0, 0.1) is 12.8 Å². The van der Waals surface area contributed by atoms with E-state index in [1.165, 1.54) is 37.0 Å². The highest BCUT2D eigenvalue weighted by Crippen LogP contribution is 2.38. The van der Waals surface area contributed by atoms with Crippen LogP contribution in [-0.2, 0) is 4.79 Å². The Kier molecular flexibility index (Phi) is 4.21. The van der Waals surface area contributed by atoms with Gasteiger partial charge >= 0.3 is 5.97 Å². The van der Waals surface area contributed by atoms with Gasteiger partial charge in [0.05, 0.1) is 16.6 Å². The molecule has 1 saturated heterocycles. The number of nitrogens with zero attached hydrogens (tertiary/aromatic N) is 2. The van der Waals surface area contributed by atoms with Crippen LogP contribution in [0.4, 0.5) is 0 Å². The molecule has 120 valence electrons. The Hall–Kier alpha value is -1.43. The molecule has 0 spiro atoms. The third-order valence-corrected chi connectivity index (χ3v) is 6.35. The van der Waals surface area contributed by atoms with Gasteiger partial charge in [0.1, 0.15) is 4.88 Å². The highest BCUT2D eigenvalue weighted by Gasteiger charge is 2.39. The normalized spacial score (nSPS) is 25.8. The van der Waals surface area contributed by atoms with Crippen LogP contribution >= 0.6 is 11.3 Å². The number of hydrogen-bond acceptors (Lipinski definition) is 4. The molecule has 22 heavy (non-hydrogen) atoms. The Bertz CT molecular complexity index is 592. The van der Waals surface area contributed by atoms with Crippen LogP contribution in [0.1, 0.15) is 65.3 Å². The summed E-state index contributed by atoms with van der Waals surface area (Å²) in [7, 11) is 0. The SMILES string of the molecule is Cc1nc(C2CCCC2)sc1C(=O)N1CCC(C(=O)O)C1C. The molecule has 1 saturated carbocycles. The number of amides is 1. The van der Waals surface area contributed by atoms with Crippen LogP contribution in [0.5, 0.6) is 0 Å². The van der Waals surface area contributed by atoms with E-state index in [1.54, 1.807) is 4.90 Å². The minimum Gasteiger partial charge on any atom is -0.481 e. The molecule has 1 N–H and O–H groups in total. The summed E-state index contributed by atoms with van der Waals surface area (Å²) in [5.41, 5.74) is 0.794. The molecule has 1 aromatic heterocycles. The van der Waals surface area contributed by atoms with Crippen molar-refractivity contribution in [3.8, 4) is 0 Å². The molecule has 2 fully saturated rings. The summed E-state index contributed by atoms with van der Waals surface area (Å²) in [5.74, 6) is -0.800. The fraction of sp³-hybridized carbons (Fsp3) is 0.688. The van der Waals surface area contributed by atoms with E-state index in [4.69, 9.17) is 0 Å². The van der Waals surface area contributed by atoms with E-state index >= 15 is 0 Å². The lowest BCUT2D eigenvalue weighted by molar-refractivity contribution is -0.142. The largest absolute Gasteiger partial charge is 0.481 e. The molecule has 0 bridgehead atoms. The minimum atomic E-state index is -0.810. The number of carboxylic acid groups (broad SMARTS) is 1. The number of aliphatic carboxylic acids is 1. The van der Waals surface area contributed by atoms with Gasteiger partial charge in [-0.3, -0.25) is 9.59 Å². The summed E-state index contributed by atoms with van der Waals surface area (Å²) < 4.78 is 0. The van der Waals surface area contributed by atoms with Crippen LogP contribution in [0.3, 0.4) is 0 Å². The predicted molar refractivity (Wildman–Crippen MR) is 84.3 cm³/mol. The summed E-state index contributed by atoms with van der Waals surface area (Å²) in [5, 5.41) is 10.3. The van der Waals surface area contributed by atoms with Crippen molar-refractivity contribution >= 4 is 23.2 Å². The van der Waals surface area contributed by atoms with E-state index in [2.05, 4.69) is 4.98 Å². The van der Waals surface area contributed by atoms with E-state index in [9.17, 15) is 14.7 Å². The Labute approximate surface area is 134 Å². The fourth-order valence-electron chi connectivity index (χ4n) is 3.65. The third-order valence-electron chi connectivity index (χ3n) is 5.04. The maximum atomic E-state index is 12.8. The van der Waals surface area contributed by atoms with Gasteiger partial charge in [-0.1, -0.05) is 12.8 Å². The molecule has 2 atom stereocenters. The number of hydrogen-bond donors (Lipinski definition) is 1. The molecule has 2 unspecified atom stereocenters. The second kappa shape index (κ2) is 5.99. The highest BCUT2D eigenvalue weighted by molar-refractivity contribution is 7.13. The summed E-state index contributed by atoms with van der Waals surface area (Å²) in [6, 6.07) is -0.249. The zero-order valence-corrected chi connectivity index (χ0v) is 13.9. The summed E-state index contributed by atoms with van der Waals surface area (Å²) in [6.45, 7) is 4.24. The molecule has 3 rings (SSSR count). The van der Waals surface area contributed by atoms with Gasteiger partial charge in [0.15, 0.2) is 0 Å². The van der Waals surface area contributed by atoms with Crippen LogP contribution < -0.4 is 0 Å². The van der Waals surface area contributed by atoms with Crippen LogP contribution in [-0.4, -0.2) is 39.5 Å². The number of likely N-dealkylation sites (tertiary alicyclic amines) is 1. The average Bonchev–Trinajstić information content (AvgIpc) is 3.16. The number of carbonyl (C=O) groups excluding carboxylic acids is 1. The molecule has 1 aliphatic carbocycles. The Morgan fingerprint density at radius 3 is 2.55 bits per heavy atom. The molecule has 1 aliphatic heterocycles. The van der Waals surface area contributed by atoms with Crippen molar-refractivity contribution in [1.82, 2.24) is 9.88 Å². The first kappa shape index (κ1) is 15.5. The van der Waals surface area contributed by atoms with Crippen LogP contribution in [0.2, 0.25) is 0 Å². The lowest BCUT2D eigenvalue weighted by Crippen LogP contribution is -2.37. The van der Waals surface area contributed by atoms with Crippen molar-refractivity contribution in [3.05, 3.63) is 15.6 Å². The van der Waals surface area contributed by atoms with Crippen molar-refractivity contribution in [2.24, 2.45) is 5.92 Å². The van der Waals surface area contributed by atoms with Crippen molar-refractivity contribution in [3.63, 3.8) is 0 Å². The van der Waals surface area contributed by atoms with Gasteiger partial charge in [-0.15, -0.1) is 11.3 Å². The topological polar surface area (TPSA) is 70.5 Å². The van der Waals surface area contributed by atoms with Crippen molar-refractivity contribution in [1.29, 1.82) is 0 Å². The zero-order chi connectivity index (χ0) is 15.9. The molecular formula is C16H22N2O3S. The van der Waals surface area contributed by atoms with Crippen molar-refractivity contribution in [2.45, 2.75) is 57.9 Å². The van der Waals surface area contributed by atoms with E-state index in [1.807, 2.05) is 13.8 Å². The molecule has 1 aromatic rings. The first-order valence-electron chi connectivity index (χ1n) is 8.00. The smallest absolute Gasteiger partial charge is 0.308 e. The molecule has 0 aromatic carbocycles. The molecule has 1 amide bonds. The lowest BCUT2D eigenvalue weighted by Gasteiger charge is -2.22. The molecular weight excluding hydrogens is 300 g/mol. The summed E-state index contributed by atoms with van der Waals surface area (Å²) >= 11 is 1.51. The maximum absolute atomic E-state index is 12.8. The Morgan fingerprint density at radius 1 is 1.27 bits per heavy atom. The number of aryl methyl sites for hydroxylation is 1. The van der Waals surface area contributed by atoms with Gasteiger partial charge < -0.3 is 10.0 Å². The van der Waals surface area contributed by atoms with Gasteiger partial charge in [0.2, 0.25) is 0 Å². The molecule has 0 radical (unpaired) electrons. The fourth-order valence-corrected chi connectivity index (χ4v) is 4.84. The number of carbonyl (C=O) groups is 2.